The minimum atomic E-state index is -0.429. The SMILES string of the molecule is CN1CCN(C(=O)N2CC3=C(CN=C3Nc3nc(Cl)nc4ccsc34)C2(C)C)[C@@H](Cc2ccccc2)C1. The van der Waals surface area contributed by atoms with Crippen LogP contribution in [0.5, 0.6) is 0 Å². The predicted molar refractivity (Wildman–Crippen MR) is 150 cm³/mol. The number of aromatic nitrogens is 2. The standard InChI is InChI=1S/C27H30ClN7OS/c1-27(2)20-14-29-23(31-24-22-21(9-12-37-22)30-25(28)32-24)19(20)16-35(27)26(36)34-11-10-33(3)15-18(34)13-17-7-5-4-6-8-17/h4-9,12,18H,10-11,13-16H2,1-3H3,(H,29,30,31,32)/t18-/m0/s1. The van der Waals surface area contributed by atoms with E-state index in [1.165, 1.54) is 11.1 Å². The first-order chi connectivity index (χ1) is 17.8. The van der Waals surface area contributed by atoms with Gasteiger partial charge >= 0.3 is 6.03 Å². The van der Waals surface area contributed by atoms with Gasteiger partial charge in [-0.1, -0.05) is 30.3 Å². The second kappa shape index (κ2) is 9.38. The van der Waals surface area contributed by atoms with Crippen molar-refractivity contribution in [2.75, 3.05) is 45.1 Å². The lowest BCUT2D eigenvalue weighted by Gasteiger charge is -2.45. The van der Waals surface area contributed by atoms with E-state index in [0.29, 0.717) is 18.9 Å². The first-order valence-electron chi connectivity index (χ1n) is 12.6. The number of anilines is 1. The molecule has 0 bridgehead atoms. The van der Waals surface area contributed by atoms with Gasteiger partial charge < -0.3 is 20.0 Å². The number of urea groups is 1. The Hall–Kier alpha value is -3.01. The fourth-order valence-electron chi connectivity index (χ4n) is 5.68. The molecular formula is C27H30ClN7OS. The molecule has 192 valence electrons. The lowest BCUT2D eigenvalue weighted by Crippen LogP contribution is -2.60. The van der Waals surface area contributed by atoms with Gasteiger partial charge in [0.2, 0.25) is 5.28 Å². The Morgan fingerprint density at radius 2 is 2.00 bits per heavy atom. The van der Waals surface area contributed by atoms with Crippen molar-refractivity contribution in [3.63, 3.8) is 0 Å². The molecule has 37 heavy (non-hydrogen) atoms. The molecule has 1 N–H and O–H groups in total. The van der Waals surface area contributed by atoms with Crippen LogP contribution in [0.25, 0.3) is 10.2 Å². The van der Waals surface area contributed by atoms with Crippen LogP contribution in [-0.4, -0.2) is 87.9 Å². The molecule has 3 aliphatic heterocycles. The van der Waals surface area contributed by atoms with E-state index >= 15 is 0 Å². The van der Waals surface area contributed by atoms with Gasteiger partial charge in [0.25, 0.3) is 0 Å². The summed E-state index contributed by atoms with van der Waals surface area (Å²) in [7, 11) is 2.13. The van der Waals surface area contributed by atoms with Gasteiger partial charge in [-0.15, -0.1) is 11.3 Å². The van der Waals surface area contributed by atoms with E-state index < -0.39 is 5.54 Å². The normalized spacial score (nSPS) is 21.5. The van der Waals surface area contributed by atoms with Gasteiger partial charge in [-0.25, -0.2) is 9.78 Å². The van der Waals surface area contributed by atoms with Crippen molar-refractivity contribution in [1.82, 2.24) is 24.7 Å². The maximum Gasteiger partial charge on any atom is 0.321 e. The lowest BCUT2D eigenvalue weighted by molar-refractivity contribution is 0.0737. The van der Waals surface area contributed by atoms with Crippen molar-refractivity contribution in [2.24, 2.45) is 4.99 Å². The molecule has 1 atom stereocenters. The topological polar surface area (TPSA) is 77.0 Å². The molecule has 1 saturated heterocycles. The Morgan fingerprint density at radius 3 is 2.81 bits per heavy atom. The zero-order valence-corrected chi connectivity index (χ0v) is 22.8. The third kappa shape index (κ3) is 4.39. The van der Waals surface area contributed by atoms with Crippen LogP contribution in [-0.2, 0) is 6.42 Å². The van der Waals surface area contributed by atoms with Gasteiger partial charge in [-0.3, -0.25) is 4.99 Å². The van der Waals surface area contributed by atoms with Crippen molar-refractivity contribution < 1.29 is 4.79 Å². The molecule has 10 heteroatoms. The highest BCUT2D eigenvalue weighted by Crippen LogP contribution is 2.40. The van der Waals surface area contributed by atoms with Crippen LogP contribution in [0.15, 0.2) is 57.9 Å². The number of nitrogens with one attached hydrogen (secondary N) is 1. The molecule has 0 unspecified atom stereocenters. The smallest absolute Gasteiger partial charge is 0.321 e. The average molecular weight is 536 g/mol. The Balaban J connectivity index is 1.23. The number of rotatable bonds is 3. The number of halogens is 1. The van der Waals surface area contributed by atoms with Crippen molar-refractivity contribution in [3.05, 3.63) is 63.8 Å². The molecule has 5 heterocycles. The van der Waals surface area contributed by atoms with E-state index in [2.05, 4.69) is 70.2 Å². The third-order valence-electron chi connectivity index (χ3n) is 7.76. The Kier molecular flexibility index (Phi) is 6.17. The number of likely N-dealkylation sites (N-methyl/N-ethyl adjacent to an activating group) is 1. The number of fused-ring (bicyclic) bond motifs is 1. The molecular weight excluding hydrogens is 506 g/mol. The largest absolute Gasteiger partial charge is 0.324 e. The van der Waals surface area contributed by atoms with E-state index in [1.54, 1.807) is 11.3 Å². The summed E-state index contributed by atoms with van der Waals surface area (Å²) in [6.07, 6.45) is 0.845. The number of nitrogens with zero attached hydrogens (tertiary/aromatic N) is 6. The van der Waals surface area contributed by atoms with Gasteiger partial charge in [0.05, 0.1) is 34.9 Å². The van der Waals surface area contributed by atoms with Crippen LogP contribution in [0, 0.1) is 0 Å². The maximum atomic E-state index is 14.1. The third-order valence-corrected chi connectivity index (χ3v) is 8.84. The van der Waals surface area contributed by atoms with Crippen LogP contribution >= 0.6 is 22.9 Å². The summed E-state index contributed by atoms with van der Waals surface area (Å²) in [6.45, 7) is 7.81. The molecule has 2 amide bonds. The van der Waals surface area contributed by atoms with Crippen molar-refractivity contribution in [1.29, 1.82) is 0 Å². The highest BCUT2D eigenvalue weighted by Gasteiger charge is 2.47. The molecule has 6 rings (SSSR count). The van der Waals surface area contributed by atoms with Gasteiger partial charge in [0.1, 0.15) is 5.84 Å². The first-order valence-corrected chi connectivity index (χ1v) is 13.8. The number of amidine groups is 1. The highest BCUT2D eigenvalue weighted by atomic mass is 35.5. The number of carbonyl (C=O) groups is 1. The monoisotopic (exact) mass is 535 g/mol. The van der Waals surface area contributed by atoms with Crippen LogP contribution in [0.3, 0.4) is 0 Å². The molecule has 3 aromatic rings. The minimum absolute atomic E-state index is 0.0958. The molecule has 2 aromatic heterocycles. The van der Waals surface area contributed by atoms with Gasteiger partial charge in [-0.05, 0) is 61.5 Å². The number of amides is 2. The number of hydrogen-bond acceptors (Lipinski definition) is 7. The molecule has 1 aromatic carbocycles. The summed E-state index contributed by atoms with van der Waals surface area (Å²) in [5.41, 5.74) is 3.89. The van der Waals surface area contributed by atoms with Crippen molar-refractivity contribution in [3.8, 4) is 0 Å². The Morgan fingerprint density at radius 1 is 1.19 bits per heavy atom. The fourth-order valence-corrected chi connectivity index (χ4v) is 6.63. The summed E-state index contributed by atoms with van der Waals surface area (Å²) in [4.78, 5) is 34.1. The second-order valence-electron chi connectivity index (χ2n) is 10.5. The molecule has 3 aliphatic rings. The number of carbonyl (C=O) groups excluding carboxylic acids is 1. The van der Waals surface area contributed by atoms with Crippen LogP contribution < -0.4 is 5.32 Å². The first kappa shape index (κ1) is 24.3. The second-order valence-corrected chi connectivity index (χ2v) is 11.7. The van der Waals surface area contributed by atoms with Gasteiger partial charge in [0.15, 0.2) is 5.82 Å². The summed E-state index contributed by atoms with van der Waals surface area (Å²) >= 11 is 7.75. The highest BCUT2D eigenvalue weighted by molar-refractivity contribution is 7.17. The summed E-state index contributed by atoms with van der Waals surface area (Å²) in [5, 5.41) is 5.59. The molecule has 0 spiro atoms. The predicted octanol–water partition coefficient (Wildman–Crippen LogP) is 4.54. The van der Waals surface area contributed by atoms with E-state index in [4.69, 9.17) is 16.6 Å². The van der Waals surface area contributed by atoms with Gasteiger partial charge in [0, 0.05) is 25.2 Å². The number of hydrogen-bond donors (Lipinski definition) is 1. The summed E-state index contributed by atoms with van der Waals surface area (Å²) in [5.74, 6) is 1.42. The molecule has 1 fully saturated rings. The van der Waals surface area contributed by atoms with Crippen molar-refractivity contribution >= 4 is 50.8 Å². The number of aliphatic imine (C=N–C) groups is 1. The zero-order valence-electron chi connectivity index (χ0n) is 21.2. The zero-order chi connectivity index (χ0) is 25.7. The Labute approximate surface area is 225 Å². The Bertz CT molecular complexity index is 1420. The van der Waals surface area contributed by atoms with Crippen LogP contribution in [0.2, 0.25) is 5.28 Å². The molecule has 8 nitrogen and oxygen atoms in total. The number of benzene rings is 1. The summed E-state index contributed by atoms with van der Waals surface area (Å²) in [6, 6.07) is 12.6. The van der Waals surface area contributed by atoms with Crippen LogP contribution in [0.4, 0.5) is 10.6 Å². The summed E-state index contributed by atoms with van der Waals surface area (Å²) < 4.78 is 0.938. The molecule has 0 aliphatic carbocycles. The van der Waals surface area contributed by atoms with E-state index in [0.717, 1.165) is 47.7 Å². The molecule has 0 saturated carbocycles. The molecule has 0 radical (unpaired) electrons. The fraction of sp³-hybridized carbons (Fsp3) is 0.407. The number of piperazine rings is 1. The quantitative estimate of drug-likeness (QED) is 0.498. The van der Waals surface area contributed by atoms with Gasteiger partial charge in [-0.2, -0.15) is 4.98 Å². The van der Waals surface area contributed by atoms with E-state index in [-0.39, 0.29) is 17.4 Å². The maximum absolute atomic E-state index is 14.1. The minimum Gasteiger partial charge on any atom is -0.324 e. The number of thiophene rings is 1. The lowest BCUT2D eigenvalue weighted by atomic mass is 9.94. The van der Waals surface area contributed by atoms with Crippen LogP contribution in [0.1, 0.15) is 19.4 Å². The van der Waals surface area contributed by atoms with E-state index in [9.17, 15) is 4.79 Å². The van der Waals surface area contributed by atoms with Crippen molar-refractivity contribution in [2.45, 2.75) is 31.8 Å². The average Bonchev–Trinajstić information content (AvgIpc) is 3.56. The van der Waals surface area contributed by atoms with E-state index in [1.807, 2.05) is 22.4 Å².